The smallest absolute Gasteiger partial charge is 0.133 e. The average molecular weight is 261 g/mol. The van der Waals surface area contributed by atoms with E-state index < -0.39 is 0 Å². The van der Waals surface area contributed by atoms with E-state index in [0.717, 1.165) is 31.1 Å². The van der Waals surface area contributed by atoms with Gasteiger partial charge in [0.15, 0.2) is 0 Å². The third kappa shape index (κ3) is 4.21. The van der Waals surface area contributed by atoms with Crippen LogP contribution < -0.4 is 15.5 Å². The Morgan fingerprint density at radius 1 is 1.58 bits per heavy atom. The van der Waals surface area contributed by atoms with Crippen LogP contribution in [-0.2, 0) is 0 Å². The number of rotatable bonds is 7. The molecule has 1 atom stereocenters. The maximum Gasteiger partial charge on any atom is 0.133 e. The lowest BCUT2D eigenvalue weighted by molar-refractivity contribution is 0.558. The molecule has 1 saturated heterocycles. The summed E-state index contributed by atoms with van der Waals surface area (Å²) in [5.74, 6) is 1.80. The van der Waals surface area contributed by atoms with Crippen LogP contribution in [-0.4, -0.2) is 42.7 Å². The molecule has 1 aromatic rings. The molecule has 5 nitrogen and oxygen atoms in total. The Kier molecular flexibility index (Phi) is 5.15. The second-order valence-corrected chi connectivity index (χ2v) is 4.93. The summed E-state index contributed by atoms with van der Waals surface area (Å²) in [7, 11) is 2.08. The minimum absolute atomic E-state index is 0.669. The Morgan fingerprint density at radius 2 is 2.47 bits per heavy atom. The fourth-order valence-corrected chi connectivity index (χ4v) is 2.30. The van der Waals surface area contributed by atoms with Gasteiger partial charge in [0.2, 0.25) is 0 Å². The highest BCUT2D eigenvalue weighted by Crippen LogP contribution is 2.15. The molecule has 1 aromatic heterocycles. The summed E-state index contributed by atoms with van der Waals surface area (Å²) in [5.41, 5.74) is 0. The van der Waals surface area contributed by atoms with Gasteiger partial charge in [-0.1, -0.05) is 6.08 Å². The summed E-state index contributed by atoms with van der Waals surface area (Å²) < 4.78 is 0. The first-order valence-corrected chi connectivity index (χ1v) is 6.91. The van der Waals surface area contributed by atoms with Gasteiger partial charge in [0.1, 0.15) is 18.0 Å². The minimum atomic E-state index is 0.669. The van der Waals surface area contributed by atoms with Gasteiger partial charge in [-0.25, -0.2) is 9.97 Å². The zero-order chi connectivity index (χ0) is 13.5. The summed E-state index contributed by atoms with van der Waals surface area (Å²) >= 11 is 0. The molecular formula is C14H23N5. The molecule has 1 aliphatic rings. The van der Waals surface area contributed by atoms with Crippen molar-refractivity contribution in [3.63, 3.8) is 0 Å². The largest absolute Gasteiger partial charge is 0.366 e. The normalized spacial score (nSPS) is 18.3. The monoisotopic (exact) mass is 261 g/mol. The van der Waals surface area contributed by atoms with Crippen molar-refractivity contribution < 1.29 is 0 Å². The van der Waals surface area contributed by atoms with Crippen LogP contribution in [0.2, 0.25) is 0 Å². The number of nitrogens with zero attached hydrogens (tertiary/aromatic N) is 3. The van der Waals surface area contributed by atoms with E-state index in [1.54, 1.807) is 6.33 Å². The molecule has 0 bridgehead atoms. The van der Waals surface area contributed by atoms with E-state index in [1.165, 1.54) is 12.8 Å². The van der Waals surface area contributed by atoms with Crippen LogP contribution >= 0.6 is 0 Å². The highest BCUT2D eigenvalue weighted by atomic mass is 15.2. The Balaban J connectivity index is 1.86. The van der Waals surface area contributed by atoms with Crippen molar-refractivity contribution in [3.05, 3.63) is 25.0 Å². The SMILES string of the molecule is C=CCNc1cc(N(C)CCC2CCCN2)ncn1. The first kappa shape index (κ1) is 13.8. The van der Waals surface area contributed by atoms with Gasteiger partial charge < -0.3 is 15.5 Å². The third-order valence-electron chi connectivity index (χ3n) is 3.45. The van der Waals surface area contributed by atoms with Crippen LogP contribution in [0.1, 0.15) is 19.3 Å². The van der Waals surface area contributed by atoms with E-state index in [0.29, 0.717) is 12.6 Å². The predicted molar refractivity (Wildman–Crippen MR) is 79.6 cm³/mol. The number of anilines is 2. The summed E-state index contributed by atoms with van der Waals surface area (Å²) in [6, 6.07) is 2.65. The summed E-state index contributed by atoms with van der Waals surface area (Å²) in [6.07, 6.45) is 7.18. The minimum Gasteiger partial charge on any atom is -0.366 e. The molecule has 1 unspecified atom stereocenters. The van der Waals surface area contributed by atoms with Crippen molar-refractivity contribution >= 4 is 11.6 Å². The van der Waals surface area contributed by atoms with Crippen LogP contribution in [0.25, 0.3) is 0 Å². The molecular weight excluding hydrogens is 238 g/mol. The predicted octanol–water partition coefficient (Wildman–Crippen LogP) is 1.65. The van der Waals surface area contributed by atoms with Gasteiger partial charge in [0, 0.05) is 32.2 Å². The van der Waals surface area contributed by atoms with Gasteiger partial charge in [-0.05, 0) is 25.8 Å². The lowest BCUT2D eigenvalue weighted by Crippen LogP contribution is -2.28. The lowest BCUT2D eigenvalue weighted by Gasteiger charge is -2.20. The maximum absolute atomic E-state index is 4.32. The second kappa shape index (κ2) is 7.09. The van der Waals surface area contributed by atoms with Gasteiger partial charge >= 0.3 is 0 Å². The molecule has 0 radical (unpaired) electrons. The molecule has 0 saturated carbocycles. The quantitative estimate of drug-likeness (QED) is 0.731. The van der Waals surface area contributed by atoms with Gasteiger partial charge in [-0.2, -0.15) is 0 Å². The number of nitrogens with one attached hydrogen (secondary N) is 2. The summed E-state index contributed by atoms with van der Waals surface area (Å²) in [4.78, 5) is 10.7. The topological polar surface area (TPSA) is 53.1 Å². The highest BCUT2D eigenvalue weighted by Gasteiger charge is 2.14. The molecule has 0 amide bonds. The Labute approximate surface area is 115 Å². The molecule has 1 fully saturated rings. The number of aromatic nitrogens is 2. The highest BCUT2D eigenvalue weighted by molar-refractivity contribution is 5.48. The van der Waals surface area contributed by atoms with Crippen LogP contribution in [0.15, 0.2) is 25.0 Å². The Bertz CT molecular complexity index is 401. The van der Waals surface area contributed by atoms with Crippen LogP contribution in [0.5, 0.6) is 0 Å². The molecule has 5 heteroatoms. The molecule has 104 valence electrons. The molecule has 1 aliphatic heterocycles. The van der Waals surface area contributed by atoms with E-state index in [1.807, 2.05) is 12.1 Å². The Hall–Kier alpha value is -1.62. The summed E-state index contributed by atoms with van der Waals surface area (Å²) in [6.45, 7) is 6.57. The van der Waals surface area contributed by atoms with E-state index in [9.17, 15) is 0 Å². The van der Waals surface area contributed by atoms with Crippen molar-refractivity contribution in [3.8, 4) is 0 Å². The van der Waals surface area contributed by atoms with Gasteiger partial charge in [-0.3, -0.25) is 0 Å². The van der Waals surface area contributed by atoms with Crippen LogP contribution in [0.4, 0.5) is 11.6 Å². The zero-order valence-corrected chi connectivity index (χ0v) is 11.6. The van der Waals surface area contributed by atoms with Gasteiger partial charge in [-0.15, -0.1) is 6.58 Å². The van der Waals surface area contributed by atoms with Gasteiger partial charge in [0.05, 0.1) is 0 Å². The van der Waals surface area contributed by atoms with E-state index in [2.05, 4.69) is 39.1 Å². The van der Waals surface area contributed by atoms with Crippen molar-refractivity contribution in [2.75, 3.05) is 36.9 Å². The molecule has 2 N–H and O–H groups in total. The van der Waals surface area contributed by atoms with E-state index in [4.69, 9.17) is 0 Å². The molecule has 2 heterocycles. The fraction of sp³-hybridized carbons (Fsp3) is 0.571. The molecule has 0 spiro atoms. The molecule has 0 aromatic carbocycles. The van der Waals surface area contributed by atoms with Crippen LogP contribution in [0, 0.1) is 0 Å². The number of hydrogen-bond acceptors (Lipinski definition) is 5. The van der Waals surface area contributed by atoms with Crippen LogP contribution in [0.3, 0.4) is 0 Å². The first-order chi connectivity index (χ1) is 9.29. The van der Waals surface area contributed by atoms with Crippen molar-refractivity contribution in [2.45, 2.75) is 25.3 Å². The standard InChI is InChI=1S/C14H23N5/c1-3-7-16-13-10-14(18-11-17-13)19(2)9-6-12-5-4-8-15-12/h3,10-12,15H,1,4-9H2,2H3,(H,16,17,18). The molecule has 2 rings (SSSR count). The summed E-state index contributed by atoms with van der Waals surface area (Å²) in [5, 5.41) is 6.70. The zero-order valence-electron chi connectivity index (χ0n) is 11.6. The third-order valence-corrected chi connectivity index (χ3v) is 3.45. The second-order valence-electron chi connectivity index (χ2n) is 4.93. The molecule has 0 aliphatic carbocycles. The van der Waals surface area contributed by atoms with Crippen molar-refractivity contribution in [2.24, 2.45) is 0 Å². The fourth-order valence-electron chi connectivity index (χ4n) is 2.30. The van der Waals surface area contributed by atoms with E-state index >= 15 is 0 Å². The van der Waals surface area contributed by atoms with Gasteiger partial charge in [0.25, 0.3) is 0 Å². The lowest BCUT2D eigenvalue weighted by atomic mass is 10.1. The average Bonchev–Trinajstić information content (AvgIpc) is 2.96. The maximum atomic E-state index is 4.32. The van der Waals surface area contributed by atoms with Crippen molar-refractivity contribution in [1.29, 1.82) is 0 Å². The Morgan fingerprint density at radius 3 is 3.21 bits per heavy atom. The van der Waals surface area contributed by atoms with E-state index in [-0.39, 0.29) is 0 Å². The number of hydrogen-bond donors (Lipinski definition) is 2. The molecule has 19 heavy (non-hydrogen) atoms. The first-order valence-electron chi connectivity index (χ1n) is 6.91. The van der Waals surface area contributed by atoms with Crippen molar-refractivity contribution in [1.82, 2.24) is 15.3 Å².